The molecule has 0 fully saturated rings. The summed E-state index contributed by atoms with van der Waals surface area (Å²) in [6.07, 6.45) is 1.35. The molecule has 4 aromatic rings. The molecule has 0 aliphatic carbocycles. The number of carbonyl (C=O) groups excluding carboxylic acids is 4. The van der Waals surface area contributed by atoms with Gasteiger partial charge in [-0.25, -0.2) is 9.59 Å². The number of amides is 2. The number of nitrogens with zero attached hydrogens (tertiary/aromatic N) is 2. The molecule has 4 rings (SSSR count). The van der Waals surface area contributed by atoms with Crippen molar-refractivity contribution in [1.29, 1.82) is 0 Å². The Hall–Kier alpha value is -6.11. The number of aryl methyl sites for hydroxylation is 1. The number of benzene rings is 3. The van der Waals surface area contributed by atoms with Crippen molar-refractivity contribution < 1.29 is 42.9 Å². The van der Waals surface area contributed by atoms with Gasteiger partial charge in [0.25, 0.3) is 5.91 Å². The molecule has 0 saturated heterocycles. The minimum atomic E-state index is -0.603. The highest BCUT2D eigenvalue weighted by molar-refractivity contribution is 6.16. The van der Waals surface area contributed by atoms with Crippen molar-refractivity contribution in [3.05, 3.63) is 106 Å². The Balaban J connectivity index is 1.49. The van der Waals surface area contributed by atoms with Gasteiger partial charge >= 0.3 is 12.1 Å². The lowest BCUT2D eigenvalue weighted by Gasteiger charge is -2.23. The molecule has 0 radical (unpaired) electrons. The number of carbonyl (C=O) groups is 4. The van der Waals surface area contributed by atoms with E-state index in [0.29, 0.717) is 41.4 Å². The van der Waals surface area contributed by atoms with E-state index in [2.05, 4.69) is 10.3 Å². The first kappa shape index (κ1) is 38.7. The van der Waals surface area contributed by atoms with E-state index in [4.69, 9.17) is 29.4 Å². The summed E-state index contributed by atoms with van der Waals surface area (Å²) < 4.78 is 27.6. The van der Waals surface area contributed by atoms with Crippen LogP contribution in [0.3, 0.4) is 0 Å². The average Bonchev–Trinajstić information content (AvgIpc) is 3.12. The summed E-state index contributed by atoms with van der Waals surface area (Å²) in [5.41, 5.74) is 8.67. The van der Waals surface area contributed by atoms with Gasteiger partial charge in [-0.3, -0.25) is 14.6 Å². The van der Waals surface area contributed by atoms with E-state index in [9.17, 15) is 19.2 Å². The second-order valence-corrected chi connectivity index (χ2v) is 12.7. The van der Waals surface area contributed by atoms with Crippen molar-refractivity contribution in [2.75, 3.05) is 45.1 Å². The van der Waals surface area contributed by atoms with E-state index in [1.807, 2.05) is 13.0 Å². The van der Waals surface area contributed by atoms with Gasteiger partial charge in [-0.1, -0.05) is 18.2 Å². The van der Waals surface area contributed by atoms with Crippen LogP contribution in [0, 0.1) is 6.92 Å². The number of nitrogens with two attached hydrogens (primary N) is 1. The third kappa shape index (κ3) is 9.77. The zero-order chi connectivity index (χ0) is 38.0. The van der Waals surface area contributed by atoms with E-state index in [0.717, 1.165) is 5.56 Å². The van der Waals surface area contributed by atoms with Gasteiger partial charge in [0.05, 0.1) is 60.1 Å². The predicted molar refractivity (Wildman–Crippen MR) is 195 cm³/mol. The Morgan fingerprint density at radius 1 is 0.885 bits per heavy atom. The molecule has 0 spiro atoms. The Morgan fingerprint density at radius 3 is 2.29 bits per heavy atom. The highest BCUT2D eigenvalue weighted by Crippen LogP contribution is 2.36. The fourth-order valence-corrected chi connectivity index (χ4v) is 5.07. The number of nitrogen functional groups attached to an aromatic ring is 1. The SMILES string of the molecule is COC(=O)c1ccc(COc2cc(C)ccc2N(C)C(=O)c2ccc(C(=O)c3ccccc3OCCCNC(=O)OC(C)(C)C)c(OC)c2N)nc1. The first-order valence-electron chi connectivity index (χ1n) is 16.5. The average molecular weight is 713 g/mol. The summed E-state index contributed by atoms with van der Waals surface area (Å²) >= 11 is 0. The minimum absolute atomic E-state index is 0.0127. The van der Waals surface area contributed by atoms with E-state index in [1.54, 1.807) is 76.3 Å². The van der Waals surface area contributed by atoms with Crippen LogP contribution < -0.4 is 30.2 Å². The maximum atomic E-state index is 13.9. The molecule has 13 heteroatoms. The Kier molecular flexibility index (Phi) is 12.8. The van der Waals surface area contributed by atoms with Crippen LogP contribution in [0.25, 0.3) is 0 Å². The Bertz CT molecular complexity index is 1920. The summed E-state index contributed by atoms with van der Waals surface area (Å²) in [5, 5.41) is 2.68. The number of ether oxygens (including phenoxy) is 5. The van der Waals surface area contributed by atoms with Crippen molar-refractivity contribution in [3.8, 4) is 17.2 Å². The zero-order valence-corrected chi connectivity index (χ0v) is 30.4. The topological polar surface area (TPSA) is 169 Å². The molecule has 0 atom stereocenters. The lowest BCUT2D eigenvalue weighted by atomic mass is 9.98. The lowest BCUT2D eigenvalue weighted by molar-refractivity contribution is 0.0524. The standard InChI is InChI=1S/C39H44N4O9/c1-24-13-18-30(32(21-24)51-23-26-15-14-25(22-42-26)37(46)49-7)43(5)36(45)28-16-17-29(35(48-6)33(28)40)34(44)27-11-8-9-12-31(27)50-20-10-19-41-38(47)52-39(2,3)4/h8-9,11-18,21-22H,10,19-20,23,40H2,1-7H3,(H,41,47). The molecular weight excluding hydrogens is 668 g/mol. The van der Waals surface area contributed by atoms with Gasteiger partial charge in [0.15, 0.2) is 5.75 Å². The molecule has 1 aromatic heterocycles. The van der Waals surface area contributed by atoms with Crippen molar-refractivity contribution >= 4 is 35.1 Å². The fourth-order valence-electron chi connectivity index (χ4n) is 5.07. The first-order chi connectivity index (χ1) is 24.7. The van der Waals surface area contributed by atoms with Gasteiger partial charge < -0.3 is 39.6 Å². The smallest absolute Gasteiger partial charge is 0.407 e. The summed E-state index contributed by atoms with van der Waals surface area (Å²) in [4.78, 5) is 57.1. The number of hydrogen-bond donors (Lipinski definition) is 2. The maximum absolute atomic E-state index is 13.9. The number of para-hydroxylation sites is 1. The summed E-state index contributed by atoms with van der Waals surface area (Å²) in [6, 6.07) is 18.4. The third-order valence-electron chi connectivity index (χ3n) is 7.66. The van der Waals surface area contributed by atoms with Crippen LogP contribution >= 0.6 is 0 Å². The van der Waals surface area contributed by atoms with E-state index in [1.165, 1.54) is 37.4 Å². The van der Waals surface area contributed by atoms with Gasteiger partial charge in [-0.2, -0.15) is 0 Å². The lowest BCUT2D eigenvalue weighted by Crippen LogP contribution is -2.33. The number of methoxy groups -OCH3 is 2. The van der Waals surface area contributed by atoms with Gasteiger partial charge in [0.2, 0.25) is 5.78 Å². The molecule has 13 nitrogen and oxygen atoms in total. The number of rotatable bonds is 14. The van der Waals surface area contributed by atoms with Gasteiger partial charge in [-0.05, 0) is 88.2 Å². The van der Waals surface area contributed by atoms with Crippen molar-refractivity contribution in [2.24, 2.45) is 0 Å². The molecule has 2 amide bonds. The number of ketones is 1. The number of aromatic nitrogens is 1. The molecule has 0 aliphatic rings. The van der Waals surface area contributed by atoms with E-state index < -0.39 is 29.4 Å². The van der Waals surface area contributed by atoms with Crippen LogP contribution in [0.5, 0.6) is 17.2 Å². The summed E-state index contributed by atoms with van der Waals surface area (Å²) in [7, 11) is 4.26. The fraction of sp³-hybridized carbons (Fsp3) is 0.308. The quantitative estimate of drug-likeness (QED) is 0.0666. The zero-order valence-electron chi connectivity index (χ0n) is 30.4. The van der Waals surface area contributed by atoms with Gasteiger partial charge in [0, 0.05) is 19.8 Å². The Labute approximate surface area is 303 Å². The monoisotopic (exact) mass is 712 g/mol. The van der Waals surface area contributed by atoms with Crippen LogP contribution in [0.1, 0.15) is 75.1 Å². The van der Waals surface area contributed by atoms with E-state index in [-0.39, 0.29) is 41.3 Å². The molecule has 3 aromatic carbocycles. The summed E-state index contributed by atoms with van der Waals surface area (Å²) in [5.74, 6) is -0.571. The summed E-state index contributed by atoms with van der Waals surface area (Å²) in [6.45, 7) is 7.86. The van der Waals surface area contributed by atoms with E-state index >= 15 is 0 Å². The second kappa shape index (κ2) is 17.2. The molecule has 0 bridgehead atoms. The highest BCUT2D eigenvalue weighted by atomic mass is 16.6. The van der Waals surface area contributed by atoms with Crippen LogP contribution in [0.15, 0.2) is 72.9 Å². The van der Waals surface area contributed by atoms with Crippen molar-refractivity contribution in [2.45, 2.75) is 46.3 Å². The molecule has 1 heterocycles. The number of nitrogens with one attached hydrogen (secondary N) is 1. The molecule has 0 unspecified atom stereocenters. The number of anilines is 2. The molecule has 3 N–H and O–H groups in total. The molecule has 0 saturated carbocycles. The highest BCUT2D eigenvalue weighted by Gasteiger charge is 2.26. The molecule has 274 valence electrons. The molecular formula is C39H44N4O9. The minimum Gasteiger partial charge on any atom is -0.494 e. The van der Waals surface area contributed by atoms with Crippen LogP contribution in [0.2, 0.25) is 0 Å². The number of alkyl carbamates (subject to hydrolysis) is 1. The van der Waals surface area contributed by atoms with Crippen molar-refractivity contribution in [3.63, 3.8) is 0 Å². The first-order valence-corrected chi connectivity index (χ1v) is 16.5. The number of pyridine rings is 1. The Morgan fingerprint density at radius 2 is 1.62 bits per heavy atom. The number of hydrogen-bond acceptors (Lipinski definition) is 11. The van der Waals surface area contributed by atoms with Crippen LogP contribution in [0.4, 0.5) is 16.2 Å². The van der Waals surface area contributed by atoms with Crippen LogP contribution in [-0.4, -0.2) is 68.8 Å². The second-order valence-electron chi connectivity index (χ2n) is 12.7. The van der Waals surface area contributed by atoms with Gasteiger partial charge in [-0.15, -0.1) is 0 Å². The largest absolute Gasteiger partial charge is 0.494 e. The maximum Gasteiger partial charge on any atom is 0.407 e. The van der Waals surface area contributed by atoms with Crippen LogP contribution in [-0.2, 0) is 16.1 Å². The normalized spacial score (nSPS) is 10.9. The molecule has 0 aliphatic heterocycles. The number of esters is 1. The molecule has 52 heavy (non-hydrogen) atoms. The predicted octanol–water partition coefficient (Wildman–Crippen LogP) is 6.15. The van der Waals surface area contributed by atoms with Gasteiger partial charge in [0.1, 0.15) is 23.7 Å². The third-order valence-corrected chi connectivity index (χ3v) is 7.66. The van der Waals surface area contributed by atoms with Crippen molar-refractivity contribution in [1.82, 2.24) is 10.3 Å².